The molecular formula is C43H99NO7S3Si2W2. The largest absolute Gasteiger partial charge is 2.00 e. The van der Waals surface area contributed by atoms with Crippen LogP contribution in [0.15, 0.2) is 32.9 Å². The van der Waals surface area contributed by atoms with Crippen LogP contribution in [0.3, 0.4) is 0 Å². The molecule has 1 unspecified atom stereocenters. The topological polar surface area (TPSA) is 108 Å². The molecule has 0 fully saturated rings. The second kappa shape index (κ2) is 74.7. The summed E-state index contributed by atoms with van der Waals surface area (Å²) in [6.45, 7) is 38.0. The summed E-state index contributed by atoms with van der Waals surface area (Å²) in [4.78, 5) is 40.9. The van der Waals surface area contributed by atoms with Crippen LogP contribution in [0.1, 0.15) is 123 Å². The van der Waals surface area contributed by atoms with Crippen molar-refractivity contribution in [2.24, 2.45) is 5.92 Å². The fraction of sp³-hybridized carbons (Fsp3) is 0.674. The quantitative estimate of drug-likeness (QED) is 0.0537. The Morgan fingerprint density at radius 1 is 0.741 bits per heavy atom. The van der Waals surface area contributed by atoms with Crippen molar-refractivity contribution >= 4 is 78.0 Å². The van der Waals surface area contributed by atoms with Crippen LogP contribution in [0.5, 0.6) is 0 Å². The van der Waals surface area contributed by atoms with Gasteiger partial charge in [0.1, 0.15) is 0 Å². The van der Waals surface area contributed by atoms with Gasteiger partial charge in [-0.2, -0.15) is 37.9 Å². The number of hydrogen-bond acceptors (Lipinski definition) is 10. The van der Waals surface area contributed by atoms with Crippen LogP contribution in [-0.4, -0.2) is 68.0 Å². The van der Waals surface area contributed by atoms with Crippen LogP contribution in [0.25, 0.3) is 0 Å². The van der Waals surface area contributed by atoms with E-state index in [-0.39, 0.29) is 103 Å². The molecule has 15 heteroatoms. The molecule has 0 bridgehead atoms. The minimum absolute atomic E-state index is 0. The molecule has 0 aromatic rings. The van der Waals surface area contributed by atoms with Gasteiger partial charge in [0, 0.05) is 40.2 Å². The van der Waals surface area contributed by atoms with Crippen molar-refractivity contribution in [3.05, 3.63) is 62.1 Å². The molecule has 1 N–H and O–H groups in total. The van der Waals surface area contributed by atoms with Gasteiger partial charge in [0.05, 0.1) is 12.4 Å². The SMILES string of the molecule is C.C.CC.CCC(C)C/C(C)=C/S.CCCC(=O)/C(C)=C/S.CCOC(=O)/C(C)=C/S.CNC(C)=O.COC.C[Si](C)(C)O[Si](C)(C)C.[CH2-]CC(C)=O.[CH3-].[CH3-].[CH3-].[W+2].[W+2]. The third kappa shape index (κ3) is 131. The number of thiol groups is 3. The predicted octanol–water partition coefficient (Wildman–Crippen LogP) is 14.0. The van der Waals surface area contributed by atoms with Crippen LogP contribution >= 0.6 is 37.9 Å². The second-order valence-corrected chi connectivity index (χ2v) is 22.7. The van der Waals surface area contributed by atoms with Gasteiger partial charge in [-0.05, 0) is 114 Å². The first kappa shape index (κ1) is 102. The molecule has 0 radical (unpaired) electrons. The summed E-state index contributed by atoms with van der Waals surface area (Å²) in [5.74, 6) is 0.864. The zero-order valence-electron chi connectivity index (χ0n) is 40.3. The van der Waals surface area contributed by atoms with E-state index in [0.717, 1.165) is 17.9 Å². The van der Waals surface area contributed by atoms with Crippen molar-refractivity contribution in [2.75, 3.05) is 27.9 Å². The number of esters is 1. The molecule has 58 heavy (non-hydrogen) atoms. The Bertz CT molecular complexity index is 871. The van der Waals surface area contributed by atoms with Gasteiger partial charge in [-0.3, -0.25) is 9.59 Å². The van der Waals surface area contributed by atoms with Crippen LogP contribution in [0.4, 0.5) is 0 Å². The second-order valence-electron chi connectivity index (χ2n) is 12.7. The first-order chi connectivity index (χ1) is 23.3. The average molecular weight is 1260 g/mol. The van der Waals surface area contributed by atoms with Gasteiger partial charge in [0.15, 0.2) is 22.4 Å². The van der Waals surface area contributed by atoms with Crippen LogP contribution in [-0.2, 0) is 74.9 Å². The number of amides is 1. The maximum atomic E-state index is 10.9. The summed E-state index contributed by atoms with van der Waals surface area (Å²) in [5.41, 5.74) is 2.66. The van der Waals surface area contributed by atoms with Gasteiger partial charge in [-0.25, -0.2) is 4.79 Å². The number of carbonyl (C=O) groups is 4. The fourth-order valence-electron chi connectivity index (χ4n) is 2.46. The molecule has 0 aliphatic rings. The molecule has 0 saturated heterocycles. The van der Waals surface area contributed by atoms with Gasteiger partial charge >= 0.3 is 48.1 Å². The zero-order chi connectivity index (χ0) is 42.8. The molecule has 0 heterocycles. The molecule has 356 valence electrons. The standard InChI is InChI=1S/C8H16S.C7H12OS.C6H10O2S.C6H18OSi2.C4H7O.C3H7NO.C2H6O.C2H6.2CH4.3CH3.2W/c1-4-7(2)5-8(3)6-9;1-3-4-7(8)6(2)5-9;1-3-8-6(7)5(2)4-9;1-8(2,3)7-9(4,5)6;1-3-4(2)5;1-3(5)4-2;1-3-2;1-2;;;;;;;/h6-7,9H,4-5H2,1-3H3;5,9H,3-4H2,1-2H3;4,9H,3H2,1-2H3;1-6H3;1,3H2,2H3;1-2H3,(H,4,5);1-2H3;1-2H3;2*1H4;3*1H3;;/q;;;;-1;;;;;;3*-1;2*+2/b8-6+;6-5+;5-4+;;;;;;;;;;;;. The minimum Gasteiger partial charge on any atom is -0.463 e. The van der Waals surface area contributed by atoms with E-state index in [2.05, 4.69) is 120 Å². The predicted molar refractivity (Wildman–Crippen MR) is 274 cm³/mol. The Morgan fingerprint density at radius 2 is 1.05 bits per heavy atom. The number of rotatable bonds is 11. The van der Waals surface area contributed by atoms with Gasteiger partial charge in [-0.15, -0.1) is 6.42 Å². The first-order valence-corrected chi connectivity index (χ1v) is 25.9. The van der Waals surface area contributed by atoms with Crippen molar-refractivity contribution in [2.45, 2.75) is 162 Å². The van der Waals surface area contributed by atoms with E-state index in [4.69, 9.17) is 4.12 Å². The minimum atomic E-state index is -1.23. The Balaban J connectivity index is -0.0000000284. The van der Waals surface area contributed by atoms with E-state index in [1.165, 1.54) is 37.7 Å². The molecular weight excluding hydrogens is 1160 g/mol. The third-order valence-electron chi connectivity index (χ3n) is 4.81. The number of Topliss-reactive ketones (excluding diaryl/α,β-unsaturated/α-hetero) is 2. The number of carbonyl (C=O) groups excluding carboxylic acids is 4. The Kier molecular flexibility index (Phi) is 131. The maximum Gasteiger partial charge on any atom is 2.00 e. The van der Waals surface area contributed by atoms with Crippen LogP contribution in [0.2, 0.25) is 39.3 Å². The number of ketones is 2. The fourth-order valence-corrected chi connectivity index (χ4v) is 10.2. The first-order valence-electron chi connectivity index (χ1n) is 17.5. The van der Waals surface area contributed by atoms with Gasteiger partial charge in [0.25, 0.3) is 0 Å². The van der Waals surface area contributed by atoms with Gasteiger partial charge in [0.2, 0.25) is 5.91 Å². The van der Waals surface area contributed by atoms with E-state index in [9.17, 15) is 19.2 Å². The van der Waals surface area contributed by atoms with E-state index in [1.54, 1.807) is 47.4 Å². The van der Waals surface area contributed by atoms with Crippen molar-refractivity contribution in [1.29, 1.82) is 0 Å². The Morgan fingerprint density at radius 3 is 1.21 bits per heavy atom. The Labute approximate surface area is 413 Å². The molecule has 0 aromatic heterocycles. The van der Waals surface area contributed by atoms with E-state index >= 15 is 0 Å². The number of nitrogens with one attached hydrogen (secondary N) is 1. The van der Waals surface area contributed by atoms with Crippen molar-refractivity contribution < 1.29 is 74.9 Å². The van der Waals surface area contributed by atoms with Crippen LogP contribution < -0.4 is 5.32 Å². The molecule has 0 aliphatic heterocycles. The van der Waals surface area contributed by atoms with E-state index < -0.39 is 16.6 Å². The number of methoxy groups -OCH3 is 1. The molecule has 0 saturated carbocycles. The average Bonchev–Trinajstić information content (AvgIpc) is 3.04. The van der Waals surface area contributed by atoms with Gasteiger partial charge < -0.3 is 52.9 Å². The monoisotopic (exact) mass is 1260 g/mol. The molecule has 1 amide bonds. The van der Waals surface area contributed by atoms with E-state index in [1.807, 2.05) is 26.2 Å². The number of hydrogen-bond donors (Lipinski definition) is 4. The summed E-state index contributed by atoms with van der Waals surface area (Å²) in [6.07, 6.45) is 4.43. The summed E-state index contributed by atoms with van der Waals surface area (Å²) in [5, 5.41) is 7.27. The smallest absolute Gasteiger partial charge is 0.463 e. The molecule has 8 nitrogen and oxygen atoms in total. The molecule has 0 spiro atoms. The number of allylic oxidation sites excluding steroid dienone is 2. The zero-order valence-corrected chi connectivity index (χ0v) is 50.8. The van der Waals surface area contributed by atoms with Gasteiger partial charge in [-0.1, -0.05) is 61.5 Å². The van der Waals surface area contributed by atoms with Crippen molar-refractivity contribution in [1.82, 2.24) is 5.32 Å². The maximum absolute atomic E-state index is 10.9. The molecule has 0 aliphatic carbocycles. The summed E-state index contributed by atoms with van der Waals surface area (Å²) in [6, 6.07) is 0. The normalized spacial score (nSPS) is 9.83. The molecule has 0 rings (SSSR count). The van der Waals surface area contributed by atoms with Crippen molar-refractivity contribution in [3.8, 4) is 0 Å². The Hall–Kier alpha value is 0.280. The molecule has 1 atom stereocenters. The van der Waals surface area contributed by atoms with Crippen molar-refractivity contribution in [3.63, 3.8) is 0 Å². The van der Waals surface area contributed by atoms with Crippen LogP contribution in [0, 0.1) is 35.1 Å². The summed E-state index contributed by atoms with van der Waals surface area (Å²) >= 11 is 11.7. The summed E-state index contributed by atoms with van der Waals surface area (Å²) in [7, 11) is 2.39. The third-order valence-corrected chi connectivity index (χ3v) is 10.9. The summed E-state index contributed by atoms with van der Waals surface area (Å²) < 4.78 is 14.8. The molecule has 0 aromatic carbocycles. The van der Waals surface area contributed by atoms with E-state index in [0.29, 0.717) is 25.0 Å². The number of ether oxygens (including phenoxy) is 2.